The molecule has 0 radical (unpaired) electrons. The monoisotopic (exact) mass is 483 g/mol. The Morgan fingerprint density at radius 2 is 1.63 bits per heavy atom. The molecule has 1 aliphatic carbocycles. The standard InChI is InChI=1S/C25H39NO.C6H14.C2H4/c1-17-14-21(12-10-9-11-13-24(5,6)20(4)27)15-18(2)23(17)26-19(3)22-16-25(22,7)8;1-4-5-6(2)3;1-2/h14-15,22,26H,3,9-13,16H2,1-2,4-8H3;6H,4-5H2,1-3H3;1-2H2. The number of ketones is 1. The van der Waals surface area contributed by atoms with Crippen molar-refractivity contribution in [2.75, 3.05) is 5.32 Å². The van der Waals surface area contributed by atoms with Gasteiger partial charge in [0.2, 0.25) is 0 Å². The van der Waals surface area contributed by atoms with Crippen molar-refractivity contribution < 1.29 is 4.79 Å². The number of hydrogen-bond donors (Lipinski definition) is 1. The molecule has 2 heteroatoms. The highest BCUT2D eigenvalue weighted by atomic mass is 16.1. The average molecular weight is 484 g/mol. The fourth-order valence-electron chi connectivity index (χ4n) is 4.53. The SMILES string of the molecule is C=C.C=C(Nc1c(C)cc(CCCCCC(C)(C)C(C)=O)cc1C)C1CC1(C)C.CCCC(C)C. The van der Waals surface area contributed by atoms with Gasteiger partial charge in [0.05, 0.1) is 0 Å². The van der Waals surface area contributed by atoms with Gasteiger partial charge in [0, 0.05) is 22.7 Å². The molecule has 1 fully saturated rings. The second-order valence-corrected chi connectivity index (χ2v) is 12.2. The first-order chi connectivity index (χ1) is 16.2. The Bertz CT molecular complexity index is 776. The molecule has 0 aliphatic heterocycles. The molecule has 2 rings (SSSR count). The summed E-state index contributed by atoms with van der Waals surface area (Å²) in [5.41, 5.74) is 6.66. The van der Waals surface area contributed by atoms with Gasteiger partial charge in [-0.05, 0) is 74.5 Å². The number of aryl methyl sites for hydroxylation is 3. The van der Waals surface area contributed by atoms with Crippen molar-refractivity contribution in [1.82, 2.24) is 0 Å². The summed E-state index contributed by atoms with van der Waals surface area (Å²) in [5, 5.41) is 3.60. The molecular weight excluding hydrogens is 426 g/mol. The first-order valence-corrected chi connectivity index (χ1v) is 13.8. The Hall–Kier alpha value is -1.83. The van der Waals surface area contributed by atoms with E-state index < -0.39 is 0 Å². The maximum absolute atomic E-state index is 11.6. The fraction of sp³-hybridized carbons (Fsp3) is 0.667. The van der Waals surface area contributed by atoms with Crippen molar-refractivity contribution in [2.45, 2.75) is 121 Å². The third kappa shape index (κ3) is 12.1. The van der Waals surface area contributed by atoms with Crippen LogP contribution in [0.25, 0.3) is 0 Å². The van der Waals surface area contributed by atoms with Crippen LogP contribution in [0, 0.1) is 36.5 Å². The largest absolute Gasteiger partial charge is 0.359 e. The Labute approximate surface area is 219 Å². The van der Waals surface area contributed by atoms with Crippen molar-refractivity contribution >= 4 is 11.5 Å². The number of rotatable bonds is 12. The topological polar surface area (TPSA) is 29.1 Å². The van der Waals surface area contributed by atoms with Crippen LogP contribution >= 0.6 is 0 Å². The second kappa shape index (κ2) is 15.3. The number of Topliss-reactive ketones (excluding diaryl/α,β-unsaturated/α-hetero) is 1. The molecule has 0 bridgehead atoms. The molecular formula is C33H57NO. The molecule has 0 aromatic heterocycles. The lowest BCUT2D eigenvalue weighted by Crippen LogP contribution is -2.20. The highest BCUT2D eigenvalue weighted by Crippen LogP contribution is 2.55. The van der Waals surface area contributed by atoms with Gasteiger partial charge < -0.3 is 5.32 Å². The maximum Gasteiger partial charge on any atom is 0.135 e. The molecule has 0 spiro atoms. The Kier molecular flexibility index (Phi) is 14.5. The number of unbranched alkanes of at least 4 members (excludes halogenated alkanes) is 2. The van der Waals surface area contributed by atoms with Crippen LogP contribution in [0.2, 0.25) is 0 Å². The van der Waals surface area contributed by atoms with E-state index in [1.54, 1.807) is 6.92 Å². The minimum absolute atomic E-state index is 0.168. The van der Waals surface area contributed by atoms with Gasteiger partial charge in [-0.3, -0.25) is 4.79 Å². The van der Waals surface area contributed by atoms with Gasteiger partial charge in [0.1, 0.15) is 5.78 Å². The van der Waals surface area contributed by atoms with E-state index in [9.17, 15) is 4.79 Å². The number of anilines is 1. The quantitative estimate of drug-likeness (QED) is 0.236. The zero-order chi connectivity index (χ0) is 27.4. The van der Waals surface area contributed by atoms with Gasteiger partial charge in [-0.15, -0.1) is 13.2 Å². The Morgan fingerprint density at radius 3 is 2.00 bits per heavy atom. The summed E-state index contributed by atoms with van der Waals surface area (Å²) in [7, 11) is 0. The zero-order valence-electron chi connectivity index (χ0n) is 25.0. The van der Waals surface area contributed by atoms with E-state index in [1.165, 1.54) is 54.5 Å². The van der Waals surface area contributed by atoms with Gasteiger partial charge in [0.15, 0.2) is 0 Å². The van der Waals surface area contributed by atoms with Crippen molar-refractivity contribution in [3.8, 4) is 0 Å². The molecule has 1 atom stereocenters. The highest BCUT2D eigenvalue weighted by Gasteiger charge is 2.47. The van der Waals surface area contributed by atoms with Crippen molar-refractivity contribution in [2.24, 2.45) is 22.7 Å². The second-order valence-electron chi connectivity index (χ2n) is 12.2. The molecule has 1 aliphatic rings. The summed E-state index contributed by atoms with van der Waals surface area (Å²) in [6.45, 7) is 31.8. The molecule has 1 unspecified atom stereocenters. The van der Waals surface area contributed by atoms with Gasteiger partial charge in [0.25, 0.3) is 0 Å². The van der Waals surface area contributed by atoms with Crippen LogP contribution in [0.1, 0.15) is 117 Å². The number of allylic oxidation sites excluding steroid dienone is 1. The molecule has 35 heavy (non-hydrogen) atoms. The number of hydrogen-bond acceptors (Lipinski definition) is 2. The van der Waals surface area contributed by atoms with Crippen LogP contribution < -0.4 is 5.32 Å². The summed E-state index contributed by atoms with van der Waals surface area (Å²) >= 11 is 0. The third-order valence-corrected chi connectivity index (χ3v) is 7.40. The van der Waals surface area contributed by atoms with Gasteiger partial charge in [-0.25, -0.2) is 0 Å². The zero-order valence-corrected chi connectivity index (χ0v) is 25.0. The van der Waals surface area contributed by atoms with Crippen LogP contribution in [-0.4, -0.2) is 5.78 Å². The van der Waals surface area contributed by atoms with Crippen molar-refractivity contribution in [1.29, 1.82) is 0 Å². The van der Waals surface area contributed by atoms with Crippen LogP contribution in [0.15, 0.2) is 37.6 Å². The molecule has 0 saturated heterocycles. The van der Waals surface area contributed by atoms with E-state index in [2.05, 4.69) is 99.5 Å². The van der Waals surface area contributed by atoms with Crippen LogP contribution in [-0.2, 0) is 11.2 Å². The molecule has 200 valence electrons. The smallest absolute Gasteiger partial charge is 0.135 e. The molecule has 2 nitrogen and oxygen atoms in total. The van der Waals surface area contributed by atoms with E-state index >= 15 is 0 Å². The average Bonchev–Trinajstić information content (AvgIpc) is 3.40. The summed E-state index contributed by atoms with van der Waals surface area (Å²) in [6.07, 6.45) is 9.53. The van der Waals surface area contributed by atoms with Crippen LogP contribution in [0.5, 0.6) is 0 Å². The molecule has 1 saturated carbocycles. The van der Waals surface area contributed by atoms with E-state index in [0.717, 1.165) is 30.9 Å². The van der Waals surface area contributed by atoms with E-state index in [1.807, 2.05) is 0 Å². The first kappa shape index (κ1) is 33.2. The predicted octanol–water partition coefficient (Wildman–Crippen LogP) is 10.2. The third-order valence-electron chi connectivity index (χ3n) is 7.40. The summed E-state index contributed by atoms with van der Waals surface area (Å²) < 4.78 is 0. The normalized spacial score (nSPS) is 15.9. The summed E-state index contributed by atoms with van der Waals surface area (Å²) in [5.74, 6) is 1.79. The number of carbonyl (C=O) groups is 1. The minimum atomic E-state index is -0.168. The van der Waals surface area contributed by atoms with Crippen LogP contribution in [0.3, 0.4) is 0 Å². The maximum atomic E-state index is 11.6. The lowest BCUT2D eigenvalue weighted by atomic mass is 9.83. The van der Waals surface area contributed by atoms with Crippen LogP contribution in [0.4, 0.5) is 5.69 Å². The summed E-state index contributed by atoms with van der Waals surface area (Å²) in [4.78, 5) is 11.6. The lowest BCUT2D eigenvalue weighted by molar-refractivity contribution is -0.125. The van der Waals surface area contributed by atoms with E-state index in [4.69, 9.17) is 0 Å². The molecule has 0 heterocycles. The number of benzene rings is 1. The molecule has 1 aromatic carbocycles. The molecule has 1 N–H and O–H groups in total. The molecule has 0 amide bonds. The lowest BCUT2D eigenvalue weighted by Gasteiger charge is -2.20. The van der Waals surface area contributed by atoms with Gasteiger partial charge >= 0.3 is 0 Å². The number of nitrogens with one attached hydrogen (secondary N) is 1. The van der Waals surface area contributed by atoms with Crippen molar-refractivity contribution in [3.63, 3.8) is 0 Å². The van der Waals surface area contributed by atoms with Gasteiger partial charge in [-0.1, -0.05) is 92.9 Å². The first-order valence-electron chi connectivity index (χ1n) is 13.8. The Balaban J connectivity index is 0.00000126. The fourth-order valence-corrected chi connectivity index (χ4v) is 4.53. The highest BCUT2D eigenvalue weighted by molar-refractivity contribution is 5.81. The minimum Gasteiger partial charge on any atom is -0.359 e. The Morgan fingerprint density at radius 1 is 1.11 bits per heavy atom. The number of carbonyl (C=O) groups excluding carboxylic acids is 1. The summed E-state index contributed by atoms with van der Waals surface area (Å²) in [6, 6.07) is 4.64. The van der Waals surface area contributed by atoms with Gasteiger partial charge in [-0.2, -0.15) is 0 Å². The van der Waals surface area contributed by atoms with E-state index in [-0.39, 0.29) is 5.41 Å². The molecule has 1 aromatic rings. The van der Waals surface area contributed by atoms with Crippen molar-refractivity contribution in [3.05, 3.63) is 54.3 Å². The predicted molar refractivity (Wildman–Crippen MR) is 158 cm³/mol. The van der Waals surface area contributed by atoms with E-state index in [0.29, 0.717) is 17.1 Å².